The maximum absolute atomic E-state index is 11.8. The van der Waals surface area contributed by atoms with Crippen molar-refractivity contribution in [2.45, 2.75) is 12.7 Å². The van der Waals surface area contributed by atoms with Gasteiger partial charge in [-0.2, -0.15) is 13.2 Å². The molecule has 1 rings (SSSR count). The lowest BCUT2D eigenvalue weighted by Crippen LogP contribution is -2.24. The number of nitrogens with one attached hydrogen (secondary N) is 2. The fourth-order valence-corrected chi connectivity index (χ4v) is 1.43. The van der Waals surface area contributed by atoms with Gasteiger partial charge in [-0.1, -0.05) is 18.2 Å². The van der Waals surface area contributed by atoms with Crippen molar-refractivity contribution in [1.29, 1.82) is 0 Å². The molecule has 20 heavy (non-hydrogen) atoms. The fraction of sp³-hybridized carbons (Fsp3) is 0.417. The molecule has 1 aromatic carbocycles. The number of anilines is 1. The first-order valence-electron chi connectivity index (χ1n) is 5.59. The summed E-state index contributed by atoms with van der Waals surface area (Å²) in [4.78, 5) is 11.4. The molecule has 8 heteroatoms. The van der Waals surface area contributed by atoms with E-state index in [2.05, 4.69) is 15.4 Å². The van der Waals surface area contributed by atoms with Crippen molar-refractivity contribution in [1.82, 2.24) is 5.32 Å². The highest BCUT2D eigenvalue weighted by molar-refractivity contribution is 5.92. The zero-order chi connectivity index (χ0) is 14.3. The molecule has 0 atom stereocenters. The summed E-state index contributed by atoms with van der Waals surface area (Å²) in [5.74, 6) is -0.618. The molecule has 0 spiro atoms. The molecule has 0 aliphatic rings. The van der Waals surface area contributed by atoms with E-state index in [4.69, 9.17) is 0 Å². The molecule has 0 radical (unpaired) electrons. The van der Waals surface area contributed by atoms with E-state index in [1.807, 2.05) is 12.1 Å². The van der Waals surface area contributed by atoms with Gasteiger partial charge in [0.15, 0.2) is 0 Å². The molecule has 0 fully saturated rings. The topological polar surface area (TPSA) is 50.4 Å². The van der Waals surface area contributed by atoms with E-state index >= 15 is 0 Å². The van der Waals surface area contributed by atoms with Crippen LogP contribution in [0.1, 0.15) is 5.56 Å². The molecule has 4 nitrogen and oxygen atoms in total. The lowest BCUT2D eigenvalue weighted by molar-refractivity contribution is -0.174. The lowest BCUT2D eigenvalue weighted by atomic mass is 10.2. The Morgan fingerprint density at radius 1 is 1.30 bits per heavy atom. The Hall–Kier alpha value is -1.31. The average molecular weight is 313 g/mol. The van der Waals surface area contributed by atoms with Crippen LogP contribution < -0.4 is 10.6 Å². The summed E-state index contributed by atoms with van der Waals surface area (Å²) in [7, 11) is 1.76. The number of para-hydroxylation sites is 1. The third kappa shape index (κ3) is 7.32. The number of amides is 1. The highest BCUT2D eigenvalue weighted by Crippen LogP contribution is 2.16. The van der Waals surface area contributed by atoms with Crippen LogP contribution in [0.2, 0.25) is 0 Å². The van der Waals surface area contributed by atoms with Crippen LogP contribution in [0.15, 0.2) is 24.3 Å². The molecular weight excluding hydrogens is 297 g/mol. The quantitative estimate of drug-likeness (QED) is 0.848. The van der Waals surface area contributed by atoms with Crippen molar-refractivity contribution in [2.75, 3.05) is 25.6 Å². The molecule has 0 bridgehead atoms. The Kier molecular flexibility index (Phi) is 8.21. The first-order chi connectivity index (χ1) is 8.92. The Morgan fingerprint density at radius 3 is 2.55 bits per heavy atom. The molecule has 0 aliphatic carbocycles. The van der Waals surface area contributed by atoms with E-state index in [-0.39, 0.29) is 12.4 Å². The van der Waals surface area contributed by atoms with Gasteiger partial charge in [0, 0.05) is 12.2 Å². The molecule has 0 saturated heterocycles. The summed E-state index contributed by atoms with van der Waals surface area (Å²) in [5.41, 5.74) is 1.40. The molecule has 0 aromatic heterocycles. The van der Waals surface area contributed by atoms with Gasteiger partial charge >= 0.3 is 6.18 Å². The maximum Gasteiger partial charge on any atom is 0.411 e. The number of hydrogen-bond acceptors (Lipinski definition) is 3. The molecule has 2 N–H and O–H groups in total. The zero-order valence-corrected chi connectivity index (χ0v) is 11.6. The average Bonchev–Trinajstić information content (AvgIpc) is 2.30. The molecule has 1 aromatic rings. The van der Waals surface area contributed by atoms with Gasteiger partial charge < -0.3 is 15.4 Å². The second kappa shape index (κ2) is 8.78. The SMILES string of the molecule is CNCc1ccccc1NC(=O)COCC(F)(F)F.Cl. The van der Waals surface area contributed by atoms with Crippen molar-refractivity contribution in [3.05, 3.63) is 29.8 Å². The van der Waals surface area contributed by atoms with Crippen LogP contribution >= 0.6 is 12.4 Å². The molecule has 114 valence electrons. The third-order valence-electron chi connectivity index (χ3n) is 2.16. The summed E-state index contributed by atoms with van der Waals surface area (Å²) < 4.78 is 39.8. The Balaban J connectivity index is 0.00000361. The second-order valence-corrected chi connectivity index (χ2v) is 3.84. The second-order valence-electron chi connectivity index (χ2n) is 3.84. The molecular formula is C12H16ClF3N2O2. The highest BCUT2D eigenvalue weighted by Gasteiger charge is 2.27. The van der Waals surface area contributed by atoms with Crippen LogP contribution in [0.5, 0.6) is 0 Å². The molecule has 1 amide bonds. The van der Waals surface area contributed by atoms with Crippen LogP contribution in [0.25, 0.3) is 0 Å². The summed E-state index contributed by atoms with van der Waals surface area (Å²) in [5, 5.41) is 5.44. The van der Waals surface area contributed by atoms with Crippen molar-refractivity contribution in [2.24, 2.45) is 0 Å². The number of benzene rings is 1. The third-order valence-corrected chi connectivity index (χ3v) is 2.16. The van der Waals surface area contributed by atoms with E-state index in [0.29, 0.717) is 12.2 Å². The highest BCUT2D eigenvalue weighted by atomic mass is 35.5. The first kappa shape index (κ1) is 18.7. The normalized spacial score (nSPS) is 10.8. The van der Waals surface area contributed by atoms with Gasteiger partial charge in [0.25, 0.3) is 0 Å². The van der Waals surface area contributed by atoms with E-state index in [1.165, 1.54) is 0 Å². The van der Waals surface area contributed by atoms with Gasteiger partial charge in [-0.05, 0) is 18.7 Å². The van der Waals surface area contributed by atoms with Crippen LogP contribution in [-0.4, -0.2) is 32.3 Å². The van der Waals surface area contributed by atoms with Gasteiger partial charge in [-0.3, -0.25) is 4.79 Å². The van der Waals surface area contributed by atoms with Crippen molar-refractivity contribution in [3.8, 4) is 0 Å². The van der Waals surface area contributed by atoms with Gasteiger partial charge in [-0.25, -0.2) is 0 Å². The number of carbonyl (C=O) groups excluding carboxylic acids is 1. The fourth-order valence-electron chi connectivity index (χ4n) is 1.43. The van der Waals surface area contributed by atoms with E-state index < -0.39 is 25.3 Å². The minimum absolute atomic E-state index is 0. The minimum Gasteiger partial charge on any atom is -0.362 e. The summed E-state index contributed by atoms with van der Waals surface area (Å²) in [6.45, 7) is -1.52. The first-order valence-corrected chi connectivity index (χ1v) is 5.59. The predicted octanol–water partition coefficient (Wildman–Crippen LogP) is 2.35. The molecule has 0 unspecified atom stereocenters. The van der Waals surface area contributed by atoms with E-state index in [9.17, 15) is 18.0 Å². The number of carbonyl (C=O) groups is 1. The lowest BCUT2D eigenvalue weighted by Gasteiger charge is -2.11. The predicted molar refractivity (Wildman–Crippen MR) is 72.0 cm³/mol. The Morgan fingerprint density at radius 2 is 1.95 bits per heavy atom. The van der Waals surface area contributed by atoms with Gasteiger partial charge in [-0.15, -0.1) is 12.4 Å². The van der Waals surface area contributed by atoms with Crippen LogP contribution in [0.3, 0.4) is 0 Å². The number of ether oxygens (including phenoxy) is 1. The summed E-state index contributed by atoms with van der Waals surface area (Å²) in [6, 6.07) is 7.02. The maximum atomic E-state index is 11.8. The smallest absolute Gasteiger partial charge is 0.362 e. The number of rotatable bonds is 6. The molecule has 0 saturated carbocycles. The summed E-state index contributed by atoms with van der Waals surface area (Å²) >= 11 is 0. The number of hydrogen-bond donors (Lipinski definition) is 2. The van der Waals surface area contributed by atoms with Crippen LogP contribution in [-0.2, 0) is 16.1 Å². The van der Waals surface area contributed by atoms with Gasteiger partial charge in [0.2, 0.25) is 5.91 Å². The minimum atomic E-state index is -4.43. The Bertz CT molecular complexity index is 427. The van der Waals surface area contributed by atoms with Crippen molar-refractivity contribution < 1.29 is 22.7 Å². The van der Waals surface area contributed by atoms with E-state index in [1.54, 1.807) is 19.2 Å². The molecule has 0 aliphatic heterocycles. The van der Waals surface area contributed by atoms with E-state index in [0.717, 1.165) is 5.56 Å². The van der Waals surface area contributed by atoms with Crippen molar-refractivity contribution in [3.63, 3.8) is 0 Å². The number of alkyl halides is 3. The van der Waals surface area contributed by atoms with Crippen molar-refractivity contribution >= 4 is 24.0 Å². The van der Waals surface area contributed by atoms with Crippen LogP contribution in [0.4, 0.5) is 18.9 Å². The molecule has 0 heterocycles. The monoisotopic (exact) mass is 312 g/mol. The zero-order valence-electron chi connectivity index (χ0n) is 10.8. The Labute approximate surface area is 121 Å². The van der Waals surface area contributed by atoms with Gasteiger partial charge in [0.1, 0.15) is 13.2 Å². The standard InChI is InChI=1S/C12H15F3N2O2.ClH/c1-16-6-9-4-2-3-5-10(9)17-11(18)7-19-8-12(13,14)15;/h2-5,16H,6-8H2,1H3,(H,17,18);1H. The van der Waals surface area contributed by atoms with Crippen LogP contribution in [0, 0.1) is 0 Å². The van der Waals surface area contributed by atoms with Gasteiger partial charge in [0.05, 0.1) is 0 Å². The largest absolute Gasteiger partial charge is 0.411 e. The summed E-state index contributed by atoms with van der Waals surface area (Å²) in [6.07, 6.45) is -4.43. The number of halogens is 4.